The highest BCUT2D eigenvalue weighted by Crippen LogP contribution is 2.57. The summed E-state index contributed by atoms with van der Waals surface area (Å²) in [4.78, 5) is 44.0. The van der Waals surface area contributed by atoms with E-state index in [9.17, 15) is 19.5 Å². The van der Waals surface area contributed by atoms with Crippen molar-refractivity contribution in [1.82, 2.24) is 4.90 Å². The van der Waals surface area contributed by atoms with E-state index in [1.165, 1.54) is 4.90 Å². The van der Waals surface area contributed by atoms with Crippen LogP contribution in [0.4, 0.5) is 5.69 Å². The molecule has 9 heteroatoms. The predicted molar refractivity (Wildman–Crippen MR) is 124 cm³/mol. The van der Waals surface area contributed by atoms with Crippen LogP contribution in [0.2, 0.25) is 5.02 Å². The predicted octanol–water partition coefficient (Wildman–Crippen LogP) is 2.10. The molecule has 0 aromatic heterocycles. The van der Waals surface area contributed by atoms with Crippen LogP contribution in [0.5, 0.6) is 0 Å². The van der Waals surface area contributed by atoms with E-state index in [4.69, 9.17) is 21.1 Å². The molecule has 4 aliphatic heterocycles. The Morgan fingerprint density at radius 2 is 1.85 bits per heavy atom. The lowest BCUT2D eigenvalue weighted by Crippen LogP contribution is -2.56. The van der Waals surface area contributed by atoms with E-state index in [1.54, 1.807) is 48.2 Å². The SMILES string of the molecule is C[C@@]12/C=C\CCCOC(=O)[C@@H]1[C@H]1C(=O)N(CCO)C3C(=O)N(c4ccc(Cl)cc4)CC=C[C@@]31O2. The second-order valence-electron chi connectivity index (χ2n) is 9.29. The molecular weight excluding hydrogens is 460 g/mol. The molecule has 5 rings (SSSR count). The maximum Gasteiger partial charge on any atom is 0.313 e. The van der Waals surface area contributed by atoms with E-state index >= 15 is 0 Å². The molecule has 1 unspecified atom stereocenters. The third-order valence-corrected chi connectivity index (χ3v) is 7.48. The number of likely N-dealkylation sites (tertiary alicyclic amines) is 1. The van der Waals surface area contributed by atoms with Gasteiger partial charge < -0.3 is 24.4 Å². The highest BCUT2D eigenvalue weighted by molar-refractivity contribution is 6.30. The van der Waals surface area contributed by atoms with Gasteiger partial charge in [0.15, 0.2) is 0 Å². The van der Waals surface area contributed by atoms with Crippen LogP contribution >= 0.6 is 11.6 Å². The standard InChI is InChI=1S/C25H27ClN2O6/c1-24-10-3-2-4-15-33-23(32)19(24)18-21(30)28(13-14-29)20-22(31)27(12-5-11-25(18,20)34-24)17-8-6-16(26)7-9-17/h3,5-11,18-20,29H,2,4,12-15H2,1H3/b10-3-/t18-,19-,20?,24+,25-/m0/s1. The molecule has 1 aromatic rings. The number of amides is 2. The number of hydrogen-bond donors (Lipinski definition) is 1. The Hall–Kier alpha value is -2.68. The fourth-order valence-electron chi connectivity index (χ4n) is 5.83. The summed E-state index contributed by atoms with van der Waals surface area (Å²) >= 11 is 6.03. The molecule has 2 amide bonds. The molecule has 4 aliphatic rings. The van der Waals surface area contributed by atoms with Crippen LogP contribution in [0.1, 0.15) is 19.8 Å². The number of carbonyl (C=O) groups excluding carboxylic acids is 3. The van der Waals surface area contributed by atoms with Crippen molar-refractivity contribution in [2.45, 2.75) is 37.0 Å². The number of β-amino-alcohol motifs (C(OH)–C–C–N with tert-alkyl or cyclic N) is 1. The first kappa shape index (κ1) is 23.1. The maximum absolute atomic E-state index is 14.0. The number of allylic oxidation sites excluding steroid dienone is 1. The minimum absolute atomic E-state index is 0.0481. The normalized spacial score (nSPS) is 36.1. The summed E-state index contributed by atoms with van der Waals surface area (Å²) < 4.78 is 12.2. The number of rotatable bonds is 3. The molecule has 5 atom stereocenters. The Morgan fingerprint density at radius 1 is 1.09 bits per heavy atom. The van der Waals surface area contributed by atoms with E-state index in [1.807, 2.05) is 12.2 Å². The van der Waals surface area contributed by atoms with Crippen molar-refractivity contribution in [2.24, 2.45) is 11.8 Å². The number of fused-ring (bicyclic) bond motifs is 2. The molecule has 0 radical (unpaired) electrons. The summed E-state index contributed by atoms with van der Waals surface area (Å²) in [7, 11) is 0. The maximum atomic E-state index is 14.0. The number of carbonyl (C=O) groups is 3. The topological polar surface area (TPSA) is 96.4 Å². The molecule has 1 N–H and O–H groups in total. The van der Waals surface area contributed by atoms with Crippen LogP contribution in [-0.2, 0) is 23.9 Å². The number of cyclic esters (lactones) is 1. The van der Waals surface area contributed by atoms with Gasteiger partial charge in [0.05, 0.1) is 24.7 Å². The molecular formula is C25H27ClN2O6. The smallest absolute Gasteiger partial charge is 0.313 e. The van der Waals surface area contributed by atoms with Crippen molar-refractivity contribution in [1.29, 1.82) is 0 Å². The van der Waals surface area contributed by atoms with E-state index in [-0.39, 0.29) is 32.2 Å². The number of esters is 1. The number of hydrogen-bond acceptors (Lipinski definition) is 6. The summed E-state index contributed by atoms with van der Waals surface area (Å²) in [6.07, 6.45) is 8.74. The summed E-state index contributed by atoms with van der Waals surface area (Å²) in [6, 6.07) is 5.83. The number of halogens is 1. The second-order valence-corrected chi connectivity index (χ2v) is 9.73. The third-order valence-electron chi connectivity index (χ3n) is 7.23. The van der Waals surface area contributed by atoms with Gasteiger partial charge in [-0.1, -0.05) is 35.9 Å². The van der Waals surface area contributed by atoms with Crippen LogP contribution in [0.15, 0.2) is 48.6 Å². The van der Waals surface area contributed by atoms with Gasteiger partial charge in [-0.15, -0.1) is 0 Å². The van der Waals surface area contributed by atoms with Gasteiger partial charge in [-0.05, 0) is 44.0 Å². The zero-order valence-electron chi connectivity index (χ0n) is 18.9. The molecule has 180 valence electrons. The number of anilines is 1. The molecule has 0 aliphatic carbocycles. The molecule has 0 saturated carbocycles. The summed E-state index contributed by atoms with van der Waals surface area (Å²) in [6.45, 7) is 1.92. The number of aliphatic hydroxyl groups is 1. The Bertz CT molecular complexity index is 1070. The summed E-state index contributed by atoms with van der Waals surface area (Å²) in [5.41, 5.74) is -1.86. The molecule has 4 heterocycles. The Morgan fingerprint density at radius 3 is 2.59 bits per heavy atom. The molecule has 0 bridgehead atoms. The van der Waals surface area contributed by atoms with Crippen LogP contribution in [0.25, 0.3) is 0 Å². The summed E-state index contributed by atoms with van der Waals surface area (Å²) in [5, 5.41) is 10.3. The summed E-state index contributed by atoms with van der Waals surface area (Å²) in [5.74, 6) is -3.11. The largest absolute Gasteiger partial charge is 0.465 e. The number of benzene rings is 1. The fourth-order valence-corrected chi connectivity index (χ4v) is 5.96. The molecule has 34 heavy (non-hydrogen) atoms. The molecule has 2 fully saturated rings. The van der Waals surface area contributed by atoms with Gasteiger partial charge in [0.25, 0.3) is 5.91 Å². The van der Waals surface area contributed by atoms with Crippen LogP contribution in [0, 0.1) is 11.8 Å². The van der Waals surface area contributed by atoms with E-state index in [2.05, 4.69) is 0 Å². The number of nitrogens with zero attached hydrogens (tertiary/aromatic N) is 2. The van der Waals surface area contributed by atoms with Crippen molar-refractivity contribution in [3.05, 3.63) is 53.6 Å². The van der Waals surface area contributed by atoms with Crippen molar-refractivity contribution >= 4 is 35.1 Å². The van der Waals surface area contributed by atoms with Crippen molar-refractivity contribution < 1.29 is 29.0 Å². The van der Waals surface area contributed by atoms with Gasteiger partial charge in [0.1, 0.15) is 17.6 Å². The minimum atomic E-state index is -1.37. The molecule has 2 saturated heterocycles. The minimum Gasteiger partial charge on any atom is -0.465 e. The van der Waals surface area contributed by atoms with Gasteiger partial charge in [-0.25, -0.2) is 0 Å². The lowest BCUT2D eigenvalue weighted by atomic mass is 9.74. The third kappa shape index (κ3) is 3.39. The van der Waals surface area contributed by atoms with Gasteiger partial charge in [-0.2, -0.15) is 0 Å². The molecule has 1 spiro atoms. The van der Waals surface area contributed by atoms with E-state index < -0.39 is 41.0 Å². The quantitative estimate of drug-likeness (QED) is 0.519. The second kappa shape index (κ2) is 8.52. The van der Waals surface area contributed by atoms with E-state index in [0.717, 1.165) is 0 Å². The Kier molecular flexibility index (Phi) is 5.78. The highest BCUT2D eigenvalue weighted by Gasteiger charge is 2.74. The molecule has 8 nitrogen and oxygen atoms in total. The monoisotopic (exact) mass is 486 g/mol. The average molecular weight is 487 g/mol. The zero-order valence-corrected chi connectivity index (χ0v) is 19.6. The average Bonchev–Trinajstić information content (AvgIpc) is 3.14. The Balaban J connectivity index is 1.64. The van der Waals surface area contributed by atoms with Gasteiger partial charge in [-0.3, -0.25) is 14.4 Å². The lowest BCUT2D eigenvalue weighted by molar-refractivity contribution is -0.158. The van der Waals surface area contributed by atoms with Crippen molar-refractivity contribution in [2.75, 3.05) is 31.2 Å². The van der Waals surface area contributed by atoms with Crippen LogP contribution in [-0.4, -0.2) is 71.3 Å². The first-order valence-electron chi connectivity index (χ1n) is 11.5. The zero-order chi connectivity index (χ0) is 24.1. The van der Waals surface area contributed by atoms with Crippen molar-refractivity contribution in [3.8, 4) is 0 Å². The van der Waals surface area contributed by atoms with Gasteiger partial charge in [0.2, 0.25) is 5.91 Å². The van der Waals surface area contributed by atoms with Crippen molar-refractivity contribution in [3.63, 3.8) is 0 Å². The lowest BCUT2D eigenvalue weighted by Gasteiger charge is -2.37. The first-order chi connectivity index (χ1) is 16.3. The number of ether oxygens (including phenoxy) is 2. The Labute approximate surface area is 202 Å². The van der Waals surface area contributed by atoms with E-state index in [0.29, 0.717) is 23.6 Å². The molecule has 1 aromatic carbocycles. The first-order valence-corrected chi connectivity index (χ1v) is 11.9. The van der Waals surface area contributed by atoms with Crippen LogP contribution < -0.4 is 4.90 Å². The van der Waals surface area contributed by atoms with Gasteiger partial charge >= 0.3 is 5.97 Å². The fraction of sp³-hybridized carbons (Fsp3) is 0.480. The van der Waals surface area contributed by atoms with Crippen LogP contribution in [0.3, 0.4) is 0 Å². The number of aliphatic hydroxyl groups excluding tert-OH is 1. The highest BCUT2D eigenvalue weighted by atomic mass is 35.5. The van der Waals surface area contributed by atoms with Gasteiger partial charge in [0, 0.05) is 23.8 Å².